The first-order valence-corrected chi connectivity index (χ1v) is 11.0. The summed E-state index contributed by atoms with van der Waals surface area (Å²) in [6, 6.07) is 7.89. The van der Waals surface area contributed by atoms with Gasteiger partial charge < -0.3 is 9.36 Å². The quantitative estimate of drug-likeness (QED) is 0.412. The summed E-state index contributed by atoms with van der Waals surface area (Å²) in [7, 11) is 0. The van der Waals surface area contributed by atoms with Crippen LogP contribution < -0.4 is 0 Å². The average Bonchev–Trinajstić information content (AvgIpc) is 3.22. The van der Waals surface area contributed by atoms with Crippen LogP contribution in [0.3, 0.4) is 0 Å². The van der Waals surface area contributed by atoms with E-state index in [1.807, 2.05) is 0 Å². The molecule has 0 fully saturated rings. The molecule has 1 aliphatic rings. The minimum Gasteiger partial charge on any atom is -0.340 e. The fourth-order valence-corrected chi connectivity index (χ4v) is 4.71. The third-order valence-electron chi connectivity index (χ3n) is 6.26. The molecule has 0 saturated carbocycles. The molecular formula is C25H32F3NO. The van der Waals surface area contributed by atoms with Crippen molar-refractivity contribution in [1.82, 2.24) is 4.57 Å². The molecule has 0 aliphatic heterocycles. The van der Waals surface area contributed by atoms with Gasteiger partial charge in [-0.15, -0.1) is 0 Å². The van der Waals surface area contributed by atoms with E-state index in [9.17, 15) is 18.0 Å². The van der Waals surface area contributed by atoms with Gasteiger partial charge in [-0.1, -0.05) is 39.8 Å². The molecule has 0 spiro atoms. The number of aldehydes is 1. The maximum Gasteiger partial charge on any atom is 0.416 e. The van der Waals surface area contributed by atoms with Crippen molar-refractivity contribution in [2.75, 3.05) is 0 Å². The first-order chi connectivity index (χ1) is 14.1. The zero-order chi connectivity index (χ0) is 22.1. The highest BCUT2D eigenvalue weighted by Gasteiger charge is 2.33. The largest absolute Gasteiger partial charge is 0.416 e. The molecule has 2 nitrogen and oxygen atoms in total. The summed E-state index contributed by atoms with van der Waals surface area (Å²) in [5, 5.41) is 0. The Bertz CT molecular complexity index is 862. The van der Waals surface area contributed by atoms with Crippen molar-refractivity contribution in [2.45, 2.75) is 83.9 Å². The Morgan fingerprint density at radius 1 is 1.10 bits per heavy atom. The van der Waals surface area contributed by atoms with E-state index in [1.54, 1.807) is 12.1 Å². The van der Waals surface area contributed by atoms with Gasteiger partial charge in [-0.2, -0.15) is 13.2 Å². The van der Waals surface area contributed by atoms with E-state index in [-0.39, 0.29) is 12.0 Å². The molecule has 164 valence electrons. The molecule has 0 bridgehead atoms. The van der Waals surface area contributed by atoms with Crippen LogP contribution in [0.1, 0.15) is 99.3 Å². The van der Waals surface area contributed by atoms with E-state index >= 15 is 0 Å². The Hall–Kier alpha value is -2.04. The number of halogens is 3. The van der Waals surface area contributed by atoms with Gasteiger partial charge in [-0.25, -0.2) is 0 Å². The smallest absolute Gasteiger partial charge is 0.340 e. The van der Waals surface area contributed by atoms with E-state index < -0.39 is 11.7 Å². The second-order valence-electron chi connectivity index (χ2n) is 9.25. The molecule has 30 heavy (non-hydrogen) atoms. The number of hydrogen-bond donors (Lipinski definition) is 0. The predicted octanol–water partition coefficient (Wildman–Crippen LogP) is 7.27. The van der Waals surface area contributed by atoms with Gasteiger partial charge in [0, 0.05) is 23.7 Å². The summed E-state index contributed by atoms with van der Waals surface area (Å²) in [6.07, 6.45) is 0.924. The molecule has 2 aromatic rings. The zero-order valence-corrected chi connectivity index (χ0v) is 18.3. The molecule has 1 aromatic heterocycles. The Labute approximate surface area is 177 Å². The topological polar surface area (TPSA) is 22.0 Å². The first kappa shape index (κ1) is 22.6. The number of alkyl halides is 3. The molecule has 1 unspecified atom stereocenters. The van der Waals surface area contributed by atoms with Gasteiger partial charge in [-0.3, -0.25) is 0 Å². The van der Waals surface area contributed by atoms with Crippen molar-refractivity contribution in [3.8, 4) is 0 Å². The lowest BCUT2D eigenvalue weighted by atomic mass is 9.94. The lowest BCUT2D eigenvalue weighted by Gasteiger charge is -2.29. The minimum atomic E-state index is -4.33. The lowest BCUT2D eigenvalue weighted by molar-refractivity contribution is -0.137. The van der Waals surface area contributed by atoms with Crippen LogP contribution in [0.25, 0.3) is 0 Å². The Morgan fingerprint density at radius 3 is 2.30 bits per heavy atom. The monoisotopic (exact) mass is 419 g/mol. The Balaban J connectivity index is 2.11. The van der Waals surface area contributed by atoms with Crippen LogP contribution in [0.5, 0.6) is 0 Å². The highest BCUT2D eigenvalue weighted by atomic mass is 19.4. The molecule has 0 radical (unpaired) electrons. The van der Waals surface area contributed by atoms with E-state index in [2.05, 4.69) is 38.3 Å². The predicted molar refractivity (Wildman–Crippen MR) is 114 cm³/mol. The fraction of sp³-hybridized carbons (Fsp3) is 0.560. The van der Waals surface area contributed by atoms with Gasteiger partial charge in [0.1, 0.15) is 6.29 Å². The molecule has 1 aliphatic carbocycles. The number of carbonyl (C=O) groups excluding carboxylic acids is 1. The molecule has 3 rings (SSSR count). The van der Waals surface area contributed by atoms with Crippen molar-refractivity contribution in [3.05, 3.63) is 58.4 Å². The number of benzene rings is 1. The number of hydrogen-bond acceptors (Lipinski definition) is 1. The second-order valence-corrected chi connectivity index (χ2v) is 9.25. The minimum absolute atomic E-state index is 0.0249. The SMILES string of the molecule is CC(C)CC[C@@H](c1ccc(C(F)(F)F)cc1)n1c(C(C)C)cc2c1C(CC=O)CC2. The third kappa shape index (κ3) is 4.65. The normalized spacial score (nSPS) is 17.6. The standard InChI is InChI=1S/C25H32F3NO/c1-16(2)5-12-22(18-8-10-21(11-9-18)25(26,27)28)29-23(17(3)4)15-20-7-6-19(13-14-30)24(20)29/h8-11,14-17,19,22H,5-7,12-13H2,1-4H3/t19?,22-/m0/s1. The van der Waals surface area contributed by atoms with Crippen LogP contribution >= 0.6 is 0 Å². The van der Waals surface area contributed by atoms with Gasteiger partial charge >= 0.3 is 6.18 Å². The van der Waals surface area contributed by atoms with E-state index in [0.29, 0.717) is 18.3 Å². The van der Waals surface area contributed by atoms with Crippen LogP contribution in [0.2, 0.25) is 0 Å². The molecule has 5 heteroatoms. The summed E-state index contributed by atoms with van der Waals surface area (Å²) in [4.78, 5) is 11.3. The zero-order valence-electron chi connectivity index (χ0n) is 18.3. The maximum absolute atomic E-state index is 13.1. The number of rotatable bonds is 8. The van der Waals surface area contributed by atoms with Gasteiger partial charge in [0.25, 0.3) is 0 Å². The van der Waals surface area contributed by atoms with Gasteiger partial charge in [-0.05, 0) is 66.8 Å². The number of aryl methyl sites for hydroxylation is 1. The number of fused-ring (bicyclic) bond motifs is 1. The van der Waals surface area contributed by atoms with Crippen LogP contribution in [-0.4, -0.2) is 10.9 Å². The number of nitrogens with zero attached hydrogens (tertiary/aromatic N) is 1. The summed E-state index contributed by atoms with van der Waals surface area (Å²) < 4.78 is 41.7. The summed E-state index contributed by atoms with van der Waals surface area (Å²) in [6.45, 7) is 8.65. The Kier molecular flexibility index (Phi) is 6.78. The molecule has 0 saturated heterocycles. The molecular weight excluding hydrogens is 387 g/mol. The van der Waals surface area contributed by atoms with Crippen molar-refractivity contribution < 1.29 is 18.0 Å². The Morgan fingerprint density at radius 2 is 1.77 bits per heavy atom. The van der Waals surface area contributed by atoms with E-state index in [4.69, 9.17) is 0 Å². The summed E-state index contributed by atoms with van der Waals surface area (Å²) >= 11 is 0. The third-order valence-corrected chi connectivity index (χ3v) is 6.26. The van der Waals surface area contributed by atoms with Crippen molar-refractivity contribution in [2.24, 2.45) is 5.92 Å². The van der Waals surface area contributed by atoms with Gasteiger partial charge in [0.2, 0.25) is 0 Å². The number of carbonyl (C=O) groups is 1. The van der Waals surface area contributed by atoms with Crippen molar-refractivity contribution in [3.63, 3.8) is 0 Å². The first-order valence-electron chi connectivity index (χ1n) is 11.0. The lowest BCUT2D eigenvalue weighted by Crippen LogP contribution is -2.19. The summed E-state index contributed by atoms with van der Waals surface area (Å²) in [5.74, 6) is 0.989. The number of aromatic nitrogens is 1. The molecule has 1 aromatic carbocycles. The maximum atomic E-state index is 13.1. The average molecular weight is 420 g/mol. The second kappa shape index (κ2) is 8.99. The van der Waals surface area contributed by atoms with E-state index in [1.165, 1.54) is 29.1 Å². The fourth-order valence-electron chi connectivity index (χ4n) is 4.71. The van der Waals surface area contributed by atoms with Crippen molar-refractivity contribution >= 4 is 6.29 Å². The van der Waals surface area contributed by atoms with Crippen LogP contribution in [0.15, 0.2) is 30.3 Å². The molecule has 1 heterocycles. The van der Waals surface area contributed by atoms with Crippen molar-refractivity contribution in [1.29, 1.82) is 0 Å². The highest BCUT2D eigenvalue weighted by molar-refractivity contribution is 5.53. The van der Waals surface area contributed by atoms with Gasteiger partial charge in [0.15, 0.2) is 0 Å². The van der Waals surface area contributed by atoms with Crippen LogP contribution in [-0.2, 0) is 17.4 Å². The summed E-state index contributed by atoms with van der Waals surface area (Å²) in [5.41, 5.74) is 4.02. The molecule has 2 atom stereocenters. The highest BCUT2D eigenvalue weighted by Crippen LogP contribution is 2.43. The van der Waals surface area contributed by atoms with Gasteiger partial charge in [0.05, 0.1) is 11.6 Å². The molecule has 0 amide bonds. The van der Waals surface area contributed by atoms with Crippen LogP contribution in [0.4, 0.5) is 13.2 Å². The van der Waals surface area contributed by atoms with E-state index in [0.717, 1.165) is 37.5 Å². The van der Waals surface area contributed by atoms with Crippen LogP contribution in [0, 0.1) is 5.92 Å². The molecule has 0 N–H and O–H groups in total.